The van der Waals surface area contributed by atoms with E-state index in [0.717, 1.165) is 12.1 Å². The molecule has 0 aliphatic rings. The lowest BCUT2D eigenvalue weighted by molar-refractivity contribution is -0.265. The minimum absolute atomic E-state index is 0.238. The summed E-state index contributed by atoms with van der Waals surface area (Å²) in [5, 5.41) is 11.9. The van der Waals surface area contributed by atoms with Gasteiger partial charge in [-0.3, -0.25) is 4.55 Å². The molecule has 0 saturated carbocycles. The molecule has 2 aromatic carbocycles. The molecule has 15 heavy (non-hydrogen) atoms. The molecule has 0 fully saturated rings. The molecule has 1 N–H and O–H groups in total. The van der Waals surface area contributed by atoms with Crippen LogP contribution in [0.1, 0.15) is 0 Å². The molecule has 5 heteroatoms. The second-order valence-electron chi connectivity index (χ2n) is 3.08. The molecule has 0 heterocycles. The molecule has 4 nitrogen and oxygen atoms in total. The lowest BCUT2D eigenvalue weighted by Gasteiger charge is -2.11. The van der Waals surface area contributed by atoms with Crippen molar-refractivity contribution in [2.75, 3.05) is 0 Å². The fourth-order valence-corrected chi connectivity index (χ4v) is 2.16. The highest BCUT2D eigenvalue weighted by Crippen LogP contribution is 2.28. The van der Waals surface area contributed by atoms with Crippen LogP contribution < -0.4 is 5.11 Å². The first-order chi connectivity index (χ1) is 7.00. The molecule has 0 atom stereocenters. The van der Waals surface area contributed by atoms with Crippen LogP contribution in [0, 0.1) is 0 Å². The molecule has 2 aromatic rings. The Balaban J connectivity index is 2.96. The van der Waals surface area contributed by atoms with Crippen LogP contribution in [-0.2, 0) is 10.1 Å². The molecule has 0 saturated heterocycles. The number of hydrogen-bond acceptors (Lipinski definition) is 3. The summed E-state index contributed by atoms with van der Waals surface area (Å²) in [5.41, 5.74) is 0. The van der Waals surface area contributed by atoms with Crippen molar-refractivity contribution >= 4 is 20.9 Å². The van der Waals surface area contributed by atoms with Gasteiger partial charge in [0, 0.05) is 5.39 Å². The Morgan fingerprint density at radius 1 is 1.00 bits per heavy atom. The summed E-state index contributed by atoms with van der Waals surface area (Å²) in [7, 11) is -4.29. The fraction of sp³-hybridized carbons (Fsp3) is 0. The molecular formula is C10H7O4S-. The van der Waals surface area contributed by atoms with Crippen molar-refractivity contribution in [1.82, 2.24) is 0 Å². The zero-order valence-corrected chi connectivity index (χ0v) is 8.36. The molecule has 78 valence electrons. The van der Waals surface area contributed by atoms with Gasteiger partial charge < -0.3 is 5.11 Å². The number of fused-ring (bicyclic) bond motifs is 1. The number of rotatable bonds is 1. The Bertz CT molecular complexity index is 616. The van der Waals surface area contributed by atoms with Crippen LogP contribution in [0.5, 0.6) is 5.75 Å². The average Bonchev–Trinajstić information content (AvgIpc) is 2.17. The van der Waals surface area contributed by atoms with E-state index in [0.29, 0.717) is 0 Å². The maximum absolute atomic E-state index is 11.4. The van der Waals surface area contributed by atoms with Crippen LogP contribution in [0.3, 0.4) is 0 Å². The normalized spacial score (nSPS) is 11.8. The zero-order valence-electron chi connectivity index (χ0n) is 7.54. The van der Waals surface area contributed by atoms with Crippen LogP contribution in [-0.4, -0.2) is 13.0 Å². The van der Waals surface area contributed by atoms with Gasteiger partial charge in [-0.2, -0.15) is 8.42 Å². The van der Waals surface area contributed by atoms with Gasteiger partial charge in [0.25, 0.3) is 10.1 Å². The molecule has 0 aromatic heterocycles. The van der Waals surface area contributed by atoms with Crippen LogP contribution in [0.15, 0.2) is 41.3 Å². The molecule has 0 aliphatic carbocycles. The van der Waals surface area contributed by atoms with Gasteiger partial charge in [-0.15, -0.1) is 5.75 Å². The van der Waals surface area contributed by atoms with Crippen molar-refractivity contribution < 1.29 is 18.1 Å². The lowest BCUT2D eigenvalue weighted by atomic mass is 10.1. The van der Waals surface area contributed by atoms with Crippen molar-refractivity contribution in [3.8, 4) is 5.75 Å². The van der Waals surface area contributed by atoms with Crippen molar-refractivity contribution in [3.05, 3.63) is 36.4 Å². The highest BCUT2D eigenvalue weighted by Gasteiger charge is 2.12. The summed E-state index contributed by atoms with van der Waals surface area (Å²) in [5.74, 6) is -0.266. The third kappa shape index (κ3) is 1.67. The molecule has 0 radical (unpaired) electrons. The van der Waals surface area contributed by atoms with E-state index in [-0.39, 0.29) is 21.4 Å². The Morgan fingerprint density at radius 3 is 2.20 bits per heavy atom. The van der Waals surface area contributed by atoms with E-state index < -0.39 is 10.1 Å². The van der Waals surface area contributed by atoms with Gasteiger partial charge in [0.15, 0.2) is 0 Å². The molecule has 0 bridgehead atoms. The maximum atomic E-state index is 11.4. The second-order valence-corrected chi connectivity index (χ2v) is 4.47. The average molecular weight is 223 g/mol. The summed E-state index contributed by atoms with van der Waals surface area (Å²) in [6.07, 6.45) is 0. The SMILES string of the molecule is O=S(=O)(O)c1ccc([O-])c2ccccc12. The summed E-state index contributed by atoms with van der Waals surface area (Å²) < 4.78 is 31.0. The predicted octanol–water partition coefficient (Wildman–Crippen LogP) is 1.16. The Kier molecular flexibility index (Phi) is 2.13. The summed E-state index contributed by atoms with van der Waals surface area (Å²) >= 11 is 0. The minimum Gasteiger partial charge on any atom is -0.872 e. The van der Waals surface area contributed by atoms with E-state index in [2.05, 4.69) is 0 Å². The van der Waals surface area contributed by atoms with Crippen LogP contribution in [0.2, 0.25) is 0 Å². The van der Waals surface area contributed by atoms with Gasteiger partial charge in [-0.05, 0) is 11.5 Å². The third-order valence-electron chi connectivity index (χ3n) is 2.12. The summed E-state index contributed by atoms with van der Waals surface area (Å²) in [6, 6.07) is 8.49. The zero-order chi connectivity index (χ0) is 11.1. The fourth-order valence-electron chi connectivity index (χ4n) is 1.47. The lowest BCUT2D eigenvalue weighted by Crippen LogP contribution is -2.00. The number of benzene rings is 2. The molecule has 0 amide bonds. The van der Waals surface area contributed by atoms with Crippen LogP contribution in [0.25, 0.3) is 10.8 Å². The second kappa shape index (κ2) is 3.22. The molecule has 0 spiro atoms. The Morgan fingerprint density at radius 2 is 1.60 bits per heavy atom. The third-order valence-corrected chi connectivity index (χ3v) is 3.03. The van der Waals surface area contributed by atoms with E-state index >= 15 is 0 Å². The van der Waals surface area contributed by atoms with Gasteiger partial charge >= 0.3 is 0 Å². The van der Waals surface area contributed by atoms with Crippen molar-refractivity contribution in [2.24, 2.45) is 0 Å². The molecule has 2 rings (SSSR count). The van der Waals surface area contributed by atoms with E-state index in [1.165, 1.54) is 12.1 Å². The summed E-state index contributed by atoms with van der Waals surface area (Å²) in [6.45, 7) is 0. The van der Waals surface area contributed by atoms with Crippen molar-refractivity contribution in [2.45, 2.75) is 4.90 Å². The molecule has 0 unspecified atom stereocenters. The van der Waals surface area contributed by atoms with Crippen molar-refractivity contribution in [3.63, 3.8) is 0 Å². The first-order valence-corrected chi connectivity index (χ1v) is 5.60. The first kappa shape index (κ1) is 9.95. The van der Waals surface area contributed by atoms with Gasteiger partial charge in [-0.1, -0.05) is 30.3 Å². The Hall–Kier alpha value is -1.59. The predicted molar refractivity (Wildman–Crippen MR) is 53.2 cm³/mol. The van der Waals surface area contributed by atoms with Gasteiger partial charge in [-0.25, -0.2) is 0 Å². The van der Waals surface area contributed by atoms with Crippen molar-refractivity contribution in [1.29, 1.82) is 0 Å². The maximum Gasteiger partial charge on any atom is 0.295 e. The van der Waals surface area contributed by atoms with Crippen LogP contribution >= 0.6 is 0 Å². The van der Waals surface area contributed by atoms with Crippen LogP contribution in [0.4, 0.5) is 0 Å². The first-order valence-electron chi connectivity index (χ1n) is 4.16. The van der Waals surface area contributed by atoms with E-state index in [1.54, 1.807) is 12.1 Å². The quantitative estimate of drug-likeness (QED) is 0.736. The molecular weight excluding hydrogens is 216 g/mol. The van der Waals surface area contributed by atoms with Gasteiger partial charge in [0.2, 0.25) is 0 Å². The molecule has 0 aliphatic heterocycles. The van der Waals surface area contributed by atoms with E-state index in [1.807, 2.05) is 0 Å². The van der Waals surface area contributed by atoms with E-state index in [4.69, 9.17) is 4.55 Å². The highest BCUT2D eigenvalue weighted by atomic mass is 32.2. The monoisotopic (exact) mass is 223 g/mol. The largest absolute Gasteiger partial charge is 0.872 e. The highest BCUT2D eigenvalue weighted by molar-refractivity contribution is 7.86. The smallest absolute Gasteiger partial charge is 0.295 e. The van der Waals surface area contributed by atoms with E-state index in [9.17, 15) is 13.5 Å². The Labute approximate surface area is 86.5 Å². The minimum atomic E-state index is -4.29. The van der Waals surface area contributed by atoms with Gasteiger partial charge in [0.05, 0.1) is 0 Å². The number of hydrogen-bond donors (Lipinski definition) is 1. The topological polar surface area (TPSA) is 77.4 Å². The standard InChI is InChI=1S/C10H8O4S/c11-9-5-6-10(15(12,13)14)8-4-2-1-3-7(8)9/h1-6,11H,(H,12,13,14)/p-1. The van der Waals surface area contributed by atoms with Gasteiger partial charge in [0.1, 0.15) is 4.90 Å². The summed E-state index contributed by atoms with van der Waals surface area (Å²) in [4.78, 5) is -0.238.